The van der Waals surface area contributed by atoms with E-state index in [0.29, 0.717) is 23.8 Å². The lowest BCUT2D eigenvalue weighted by atomic mass is 10.1. The molecule has 0 amide bonds. The lowest BCUT2D eigenvalue weighted by molar-refractivity contribution is 0.495. The molecule has 2 rings (SSSR count). The molecule has 0 aliphatic carbocycles. The van der Waals surface area contributed by atoms with Gasteiger partial charge in [0, 0.05) is 6.54 Å². The predicted molar refractivity (Wildman–Crippen MR) is 77.9 cm³/mol. The molecule has 0 aliphatic heterocycles. The molecule has 0 bridgehead atoms. The summed E-state index contributed by atoms with van der Waals surface area (Å²) in [6.45, 7) is 4.96. The SMILES string of the molecule is CC(C)CCCCn1c(CCl)nc2ccc(F)c(F)c21. The van der Waals surface area contributed by atoms with Crippen LogP contribution in [0.15, 0.2) is 12.1 Å². The maximum absolute atomic E-state index is 14.0. The fourth-order valence-corrected chi connectivity index (χ4v) is 2.57. The number of aromatic nitrogens is 2. The normalized spacial score (nSPS) is 11.7. The first-order valence-corrected chi connectivity index (χ1v) is 7.47. The zero-order valence-corrected chi connectivity index (χ0v) is 12.6. The Morgan fingerprint density at radius 2 is 2.00 bits per heavy atom. The molecule has 5 heteroatoms. The number of halogens is 3. The minimum atomic E-state index is -0.845. The van der Waals surface area contributed by atoms with Gasteiger partial charge in [0.05, 0.1) is 11.4 Å². The quantitative estimate of drug-likeness (QED) is 0.549. The second-order valence-corrected chi connectivity index (χ2v) is 5.70. The molecule has 1 heterocycles. The van der Waals surface area contributed by atoms with Gasteiger partial charge in [-0.3, -0.25) is 0 Å². The van der Waals surface area contributed by atoms with Crippen LogP contribution >= 0.6 is 11.6 Å². The van der Waals surface area contributed by atoms with Gasteiger partial charge in [0.2, 0.25) is 0 Å². The van der Waals surface area contributed by atoms with Crippen LogP contribution in [0.5, 0.6) is 0 Å². The van der Waals surface area contributed by atoms with Crippen molar-refractivity contribution in [1.29, 1.82) is 0 Å². The van der Waals surface area contributed by atoms with Crippen LogP contribution < -0.4 is 0 Å². The van der Waals surface area contributed by atoms with Gasteiger partial charge in [-0.2, -0.15) is 0 Å². The molecule has 20 heavy (non-hydrogen) atoms. The molecule has 0 radical (unpaired) electrons. The molecule has 0 saturated heterocycles. The average Bonchev–Trinajstić information content (AvgIpc) is 2.77. The number of hydrogen-bond donors (Lipinski definition) is 0. The van der Waals surface area contributed by atoms with Crippen molar-refractivity contribution < 1.29 is 8.78 Å². The zero-order chi connectivity index (χ0) is 14.7. The van der Waals surface area contributed by atoms with Gasteiger partial charge in [-0.05, 0) is 24.5 Å². The fraction of sp³-hybridized carbons (Fsp3) is 0.533. The Hall–Kier alpha value is -1.16. The Morgan fingerprint density at radius 3 is 2.65 bits per heavy atom. The molecule has 0 aliphatic rings. The molecule has 2 aromatic rings. The molecule has 0 N–H and O–H groups in total. The summed E-state index contributed by atoms with van der Waals surface area (Å²) in [5.41, 5.74) is 0.689. The number of aryl methyl sites for hydroxylation is 1. The first-order valence-electron chi connectivity index (χ1n) is 6.93. The molecule has 0 fully saturated rings. The predicted octanol–water partition coefficient (Wildman–Crippen LogP) is 4.88. The highest BCUT2D eigenvalue weighted by Gasteiger charge is 2.16. The van der Waals surface area contributed by atoms with Gasteiger partial charge in [0.25, 0.3) is 0 Å². The second kappa shape index (κ2) is 6.53. The summed E-state index contributed by atoms with van der Waals surface area (Å²) in [5.74, 6) is -0.246. The van der Waals surface area contributed by atoms with Crippen molar-refractivity contribution in [2.24, 2.45) is 5.92 Å². The molecule has 0 spiro atoms. The molecule has 2 nitrogen and oxygen atoms in total. The number of benzene rings is 1. The Morgan fingerprint density at radius 1 is 1.25 bits per heavy atom. The molecule has 0 unspecified atom stereocenters. The van der Waals surface area contributed by atoms with E-state index in [4.69, 9.17) is 11.6 Å². The molecule has 110 valence electrons. The highest BCUT2D eigenvalue weighted by Crippen LogP contribution is 2.23. The van der Waals surface area contributed by atoms with Gasteiger partial charge in [0.15, 0.2) is 11.6 Å². The Bertz CT molecular complexity index is 593. The van der Waals surface area contributed by atoms with Gasteiger partial charge in [-0.1, -0.05) is 26.7 Å². The highest BCUT2D eigenvalue weighted by atomic mass is 35.5. The van der Waals surface area contributed by atoms with Crippen molar-refractivity contribution in [3.8, 4) is 0 Å². The lowest BCUT2D eigenvalue weighted by Crippen LogP contribution is -2.04. The maximum Gasteiger partial charge on any atom is 0.184 e. The van der Waals surface area contributed by atoms with Crippen molar-refractivity contribution in [1.82, 2.24) is 9.55 Å². The van der Waals surface area contributed by atoms with Gasteiger partial charge >= 0.3 is 0 Å². The summed E-state index contributed by atoms with van der Waals surface area (Å²) >= 11 is 5.86. The third kappa shape index (κ3) is 3.11. The number of fused-ring (bicyclic) bond motifs is 1. The van der Waals surface area contributed by atoms with Crippen molar-refractivity contribution >= 4 is 22.6 Å². The van der Waals surface area contributed by atoms with E-state index in [2.05, 4.69) is 18.8 Å². The van der Waals surface area contributed by atoms with Crippen molar-refractivity contribution in [2.75, 3.05) is 0 Å². The Kier molecular flexibility index (Phi) is 4.97. The van der Waals surface area contributed by atoms with Crippen molar-refractivity contribution in [2.45, 2.75) is 45.5 Å². The summed E-state index contributed by atoms with van der Waals surface area (Å²) in [4.78, 5) is 4.27. The van der Waals surface area contributed by atoms with Crippen molar-refractivity contribution in [3.63, 3.8) is 0 Å². The monoisotopic (exact) mass is 300 g/mol. The Balaban J connectivity index is 2.27. The fourth-order valence-electron chi connectivity index (χ4n) is 2.37. The van der Waals surface area contributed by atoms with Gasteiger partial charge in [0.1, 0.15) is 11.3 Å². The second-order valence-electron chi connectivity index (χ2n) is 5.43. The first-order chi connectivity index (χ1) is 9.54. The number of unbranched alkanes of at least 4 members (excludes halogenated alkanes) is 1. The van der Waals surface area contributed by atoms with Crippen LogP contribution in [0.4, 0.5) is 8.78 Å². The molecule has 0 atom stereocenters. The topological polar surface area (TPSA) is 17.8 Å². The Labute approximate surface area is 122 Å². The van der Waals surface area contributed by atoms with Crippen LogP contribution in [-0.4, -0.2) is 9.55 Å². The third-order valence-corrected chi connectivity index (χ3v) is 3.65. The molecule has 1 aromatic carbocycles. The molecule has 0 saturated carbocycles. The highest BCUT2D eigenvalue weighted by molar-refractivity contribution is 6.16. The van der Waals surface area contributed by atoms with E-state index in [1.165, 1.54) is 6.07 Å². The van der Waals surface area contributed by atoms with E-state index in [1.54, 1.807) is 4.57 Å². The molecule has 1 aromatic heterocycles. The van der Waals surface area contributed by atoms with Crippen molar-refractivity contribution in [3.05, 3.63) is 29.6 Å². The average molecular weight is 301 g/mol. The van der Waals surface area contributed by atoms with Gasteiger partial charge in [-0.15, -0.1) is 11.6 Å². The summed E-state index contributed by atoms with van der Waals surface area (Å²) < 4.78 is 29.1. The standard InChI is InChI=1S/C15H19ClF2N2/c1-10(2)5-3-4-8-20-13(9-16)19-12-7-6-11(17)14(18)15(12)20/h6-7,10H,3-5,8-9H2,1-2H3. The first kappa shape index (κ1) is 15.2. The van der Waals surface area contributed by atoms with E-state index in [1.807, 2.05) is 0 Å². The van der Waals surface area contributed by atoms with Crippen LogP contribution in [0, 0.1) is 17.6 Å². The maximum atomic E-state index is 14.0. The minimum absolute atomic E-state index is 0.194. The summed E-state index contributed by atoms with van der Waals surface area (Å²) in [6, 6.07) is 2.60. The van der Waals surface area contributed by atoms with E-state index in [0.717, 1.165) is 25.3 Å². The minimum Gasteiger partial charge on any atom is -0.324 e. The largest absolute Gasteiger partial charge is 0.324 e. The van der Waals surface area contributed by atoms with E-state index in [9.17, 15) is 8.78 Å². The number of imidazole rings is 1. The number of nitrogens with zero attached hydrogens (tertiary/aromatic N) is 2. The number of hydrogen-bond acceptors (Lipinski definition) is 1. The van der Waals surface area contributed by atoms with E-state index in [-0.39, 0.29) is 11.4 Å². The number of alkyl halides is 1. The summed E-state index contributed by atoms with van der Waals surface area (Å²) in [5, 5.41) is 0. The molecular weight excluding hydrogens is 282 g/mol. The smallest absolute Gasteiger partial charge is 0.184 e. The van der Waals surface area contributed by atoms with E-state index < -0.39 is 11.6 Å². The van der Waals surface area contributed by atoms with Crippen LogP contribution in [0.2, 0.25) is 0 Å². The van der Waals surface area contributed by atoms with Gasteiger partial charge in [-0.25, -0.2) is 13.8 Å². The summed E-state index contributed by atoms with van der Waals surface area (Å²) in [7, 11) is 0. The van der Waals surface area contributed by atoms with Crippen LogP contribution in [0.1, 0.15) is 38.9 Å². The summed E-state index contributed by atoms with van der Waals surface area (Å²) in [6.07, 6.45) is 3.08. The van der Waals surface area contributed by atoms with Gasteiger partial charge < -0.3 is 4.57 Å². The van der Waals surface area contributed by atoms with Crippen LogP contribution in [-0.2, 0) is 12.4 Å². The third-order valence-electron chi connectivity index (χ3n) is 3.41. The number of rotatable bonds is 6. The molecular formula is C15H19ClF2N2. The lowest BCUT2D eigenvalue weighted by Gasteiger charge is -2.09. The van der Waals surface area contributed by atoms with E-state index >= 15 is 0 Å². The van der Waals surface area contributed by atoms with Crippen LogP contribution in [0.25, 0.3) is 11.0 Å². The zero-order valence-electron chi connectivity index (χ0n) is 11.8. The van der Waals surface area contributed by atoms with Crippen LogP contribution in [0.3, 0.4) is 0 Å².